The zero-order chi connectivity index (χ0) is 18.9. The molecule has 1 heteroatoms. The van der Waals surface area contributed by atoms with Crippen molar-refractivity contribution < 1.29 is 0 Å². The molecule has 134 valence electrons. The minimum absolute atomic E-state index is 0.679. The van der Waals surface area contributed by atoms with Crippen LogP contribution in [0.3, 0.4) is 0 Å². The smallest absolute Gasteiger partial charge is 0.0729 e. The summed E-state index contributed by atoms with van der Waals surface area (Å²) >= 11 is 0. The van der Waals surface area contributed by atoms with E-state index in [4.69, 9.17) is 4.99 Å². The molecule has 0 aromatic heterocycles. The maximum absolute atomic E-state index is 5.12. The predicted molar refractivity (Wildman–Crippen MR) is 118 cm³/mol. The lowest BCUT2D eigenvalue weighted by atomic mass is 9.88. The van der Waals surface area contributed by atoms with Gasteiger partial charge in [-0.05, 0) is 40.8 Å². The van der Waals surface area contributed by atoms with Crippen molar-refractivity contribution in [3.05, 3.63) is 119 Å². The molecule has 4 aromatic rings. The van der Waals surface area contributed by atoms with Gasteiger partial charge in [-0.3, -0.25) is 4.99 Å². The van der Waals surface area contributed by atoms with Crippen molar-refractivity contribution in [2.75, 3.05) is 0 Å². The zero-order valence-electron chi connectivity index (χ0n) is 15.9. The molecule has 28 heavy (non-hydrogen) atoms. The first-order valence-corrected chi connectivity index (χ1v) is 9.70. The Morgan fingerprint density at radius 1 is 0.571 bits per heavy atom. The van der Waals surface area contributed by atoms with Gasteiger partial charge < -0.3 is 0 Å². The van der Waals surface area contributed by atoms with Crippen molar-refractivity contribution in [3.63, 3.8) is 0 Å². The quantitative estimate of drug-likeness (QED) is 0.378. The van der Waals surface area contributed by atoms with Crippen LogP contribution in [0.25, 0.3) is 22.3 Å². The van der Waals surface area contributed by atoms with Crippen molar-refractivity contribution in [3.8, 4) is 22.3 Å². The minimum Gasteiger partial charge on any atom is -0.279 e. The van der Waals surface area contributed by atoms with Gasteiger partial charge in [-0.2, -0.15) is 0 Å². The Kier molecular flexibility index (Phi) is 4.14. The molecule has 0 bridgehead atoms. The molecule has 1 aliphatic rings. The average molecular weight is 359 g/mol. The van der Waals surface area contributed by atoms with Crippen LogP contribution in [-0.2, 0) is 6.54 Å². The van der Waals surface area contributed by atoms with E-state index in [0.717, 1.165) is 5.71 Å². The lowest BCUT2D eigenvalue weighted by Crippen LogP contribution is -2.04. The average Bonchev–Trinajstić information content (AvgIpc) is 2.91. The van der Waals surface area contributed by atoms with Crippen molar-refractivity contribution in [2.24, 2.45) is 4.99 Å². The van der Waals surface area contributed by atoms with E-state index in [-0.39, 0.29) is 0 Å². The van der Waals surface area contributed by atoms with Crippen molar-refractivity contribution >= 4 is 5.71 Å². The predicted octanol–water partition coefficient (Wildman–Crippen LogP) is 6.68. The summed E-state index contributed by atoms with van der Waals surface area (Å²) < 4.78 is 0. The molecule has 5 rings (SSSR count). The maximum Gasteiger partial charge on any atom is 0.0729 e. The molecule has 1 aliphatic heterocycles. The number of nitrogens with zero attached hydrogens (tertiary/aromatic N) is 1. The first-order valence-electron chi connectivity index (χ1n) is 9.70. The summed E-state index contributed by atoms with van der Waals surface area (Å²) in [7, 11) is 0. The maximum atomic E-state index is 5.12. The number of aliphatic imine (C=N–C) groups is 1. The van der Waals surface area contributed by atoms with Crippen molar-refractivity contribution in [1.29, 1.82) is 0 Å². The van der Waals surface area contributed by atoms with Crippen molar-refractivity contribution in [2.45, 2.75) is 13.5 Å². The highest BCUT2D eigenvalue weighted by atomic mass is 14.7. The fourth-order valence-electron chi connectivity index (χ4n) is 4.07. The van der Waals surface area contributed by atoms with E-state index in [2.05, 4.69) is 104 Å². The number of benzene rings is 4. The first kappa shape index (κ1) is 16.7. The van der Waals surface area contributed by atoms with E-state index in [1.54, 1.807) is 0 Å². The summed E-state index contributed by atoms with van der Waals surface area (Å²) in [5, 5.41) is 0. The molecule has 0 unspecified atom stereocenters. The van der Waals surface area contributed by atoms with E-state index >= 15 is 0 Å². The third-order valence-electron chi connectivity index (χ3n) is 5.42. The minimum atomic E-state index is 0.679. The van der Waals surface area contributed by atoms with Crippen LogP contribution in [0.2, 0.25) is 0 Å². The molecule has 1 nitrogen and oxygen atoms in total. The summed E-state index contributed by atoms with van der Waals surface area (Å²) in [5.41, 5.74) is 11.1. The Bertz CT molecular complexity index is 1170. The Labute approximate surface area is 166 Å². The number of hydrogen-bond acceptors (Lipinski definition) is 1. The standard InChI is InChI=1S/C27H21N/c1-19-15-16-24-23-14-8-13-22(20-9-4-2-5-10-20)26(23)18-28-27(25(24)17-19)21-11-6-3-7-12-21/h2-17H,18H2,1H3. The Morgan fingerprint density at radius 3 is 2.00 bits per heavy atom. The molecule has 0 atom stereocenters. The Hall–Kier alpha value is -3.45. The van der Waals surface area contributed by atoms with E-state index in [1.807, 2.05) is 0 Å². The third kappa shape index (κ3) is 2.86. The van der Waals surface area contributed by atoms with Gasteiger partial charge >= 0.3 is 0 Å². The molecule has 0 amide bonds. The van der Waals surface area contributed by atoms with Gasteiger partial charge in [0.2, 0.25) is 0 Å². The number of hydrogen-bond donors (Lipinski definition) is 0. The van der Waals surface area contributed by atoms with E-state index in [0.29, 0.717) is 6.54 Å². The van der Waals surface area contributed by atoms with Gasteiger partial charge in [-0.25, -0.2) is 0 Å². The lowest BCUT2D eigenvalue weighted by Gasteiger charge is -2.15. The van der Waals surface area contributed by atoms with Crippen LogP contribution in [0.15, 0.2) is 102 Å². The topological polar surface area (TPSA) is 12.4 Å². The normalized spacial score (nSPS) is 12.5. The molecular formula is C27H21N. The van der Waals surface area contributed by atoms with E-state index in [1.165, 1.54) is 44.5 Å². The van der Waals surface area contributed by atoms with Crippen LogP contribution >= 0.6 is 0 Å². The van der Waals surface area contributed by atoms with Crippen LogP contribution in [0.1, 0.15) is 22.3 Å². The van der Waals surface area contributed by atoms with E-state index < -0.39 is 0 Å². The second kappa shape index (κ2) is 6.94. The van der Waals surface area contributed by atoms with Crippen LogP contribution in [0.4, 0.5) is 0 Å². The zero-order valence-corrected chi connectivity index (χ0v) is 15.9. The van der Waals surface area contributed by atoms with Gasteiger partial charge in [0, 0.05) is 11.1 Å². The van der Waals surface area contributed by atoms with Crippen LogP contribution < -0.4 is 0 Å². The van der Waals surface area contributed by atoms with Gasteiger partial charge in [0.15, 0.2) is 0 Å². The molecule has 0 saturated carbocycles. The Morgan fingerprint density at radius 2 is 1.25 bits per heavy atom. The fourth-order valence-corrected chi connectivity index (χ4v) is 4.07. The molecule has 0 radical (unpaired) electrons. The van der Waals surface area contributed by atoms with Crippen LogP contribution in [0, 0.1) is 6.92 Å². The summed E-state index contributed by atoms with van der Waals surface area (Å²) in [6.07, 6.45) is 0. The number of rotatable bonds is 2. The monoisotopic (exact) mass is 359 g/mol. The molecule has 0 aliphatic carbocycles. The second-order valence-corrected chi connectivity index (χ2v) is 7.28. The highest BCUT2D eigenvalue weighted by molar-refractivity contribution is 6.17. The summed E-state index contributed by atoms with van der Waals surface area (Å²) in [6, 6.07) is 34.5. The van der Waals surface area contributed by atoms with Gasteiger partial charge in [0.25, 0.3) is 0 Å². The molecule has 0 spiro atoms. The SMILES string of the molecule is Cc1ccc2c(c1)C(c1ccccc1)=NCc1c(-c3ccccc3)cccc1-2. The van der Waals surface area contributed by atoms with Crippen molar-refractivity contribution in [1.82, 2.24) is 0 Å². The number of aryl methyl sites for hydroxylation is 1. The lowest BCUT2D eigenvalue weighted by molar-refractivity contribution is 1.08. The molecule has 4 aromatic carbocycles. The molecular weight excluding hydrogens is 338 g/mol. The summed E-state index contributed by atoms with van der Waals surface area (Å²) in [4.78, 5) is 5.12. The molecule has 0 saturated heterocycles. The molecule has 1 heterocycles. The highest BCUT2D eigenvalue weighted by Gasteiger charge is 2.21. The van der Waals surface area contributed by atoms with Crippen LogP contribution in [0.5, 0.6) is 0 Å². The third-order valence-corrected chi connectivity index (χ3v) is 5.42. The van der Waals surface area contributed by atoms with Gasteiger partial charge in [-0.15, -0.1) is 0 Å². The highest BCUT2D eigenvalue weighted by Crippen LogP contribution is 2.38. The van der Waals surface area contributed by atoms with E-state index in [9.17, 15) is 0 Å². The largest absolute Gasteiger partial charge is 0.279 e. The number of fused-ring (bicyclic) bond motifs is 3. The van der Waals surface area contributed by atoms with Gasteiger partial charge in [0.1, 0.15) is 0 Å². The Balaban J connectivity index is 1.78. The second-order valence-electron chi connectivity index (χ2n) is 7.28. The molecule has 0 fully saturated rings. The van der Waals surface area contributed by atoms with Gasteiger partial charge in [-0.1, -0.05) is 96.6 Å². The summed E-state index contributed by atoms with van der Waals surface area (Å²) in [5.74, 6) is 0. The summed E-state index contributed by atoms with van der Waals surface area (Å²) in [6.45, 7) is 2.83. The van der Waals surface area contributed by atoms with Crippen LogP contribution in [-0.4, -0.2) is 5.71 Å². The fraction of sp³-hybridized carbons (Fsp3) is 0.0741. The first-order chi connectivity index (χ1) is 13.8. The van der Waals surface area contributed by atoms with Gasteiger partial charge in [0.05, 0.1) is 12.3 Å². The molecule has 0 N–H and O–H groups in total.